The Morgan fingerprint density at radius 1 is 1.23 bits per heavy atom. The number of thiophene rings is 1. The van der Waals surface area contributed by atoms with Crippen molar-refractivity contribution in [1.82, 2.24) is 14.8 Å². The van der Waals surface area contributed by atoms with E-state index in [-0.39, 0.29) is 36.5 Å². The van der Waals surface area contributed by atoms with E-state index in [4.69, 9.17) is 0 Å². The highest BCUT2D eigenvalue weighted by Crippen LogP contribution is 2.38. The lowest BCUT2D eigenvalue weighted by atomic mass is 9.92. The first-order chi connectivity index (χ1) is 15.0. The van der Waals surface area contributed by atoms with Crippen molar-refractivity contribution in [2.75, 3.05) is 13.6 Å². The van der Waals surface area contributed by atoms with Gasteiger partial charge < -0.3 is 9.80 Å². The smallest absolute Gasteiger partial charge is 0.223 e. The standard InChI is InChI=1S/C24H24FN3O2S/c1-27(16-17-4-3-11-26-15-17)22(29)7-8-23(30)28-12-9-21-20(10-13-31-21)24(28)18-5-2-6-19(25)14-18/h2-6,10-11,13-15,24H,7-9,12,16H2,1H3. The zero-order valence-electron chi connectivity index (χ0n) is 17.3. The normalized spacial score (nSPS) is 15.4. The molecule has 7 heteroatoms. The number of carbonyl (C=O) groups excluding carboxylic acids is 2. The quantitative estimate of drug-likeness (QED) is 0.581. The van der Waals surface area contributed by atoms with Crippen LogP contribution < -0.4 is 0 Å². The van der Waals surface area contributed by atoms with Crippen LogP contribution >= 0.6 is 11.3 Å². The lowest BCUT2D eigenvalue weighted by molar-refractivity contribution is -0.137. The highest BCUT2D eigenvalue weighted by Gasteiger charge is 2.33. The van der Waals surface area contributed by atoms with Gasteiger partial charge in [-0.3, -0.25) is 14.6 Å². The topological polar surface area (TPSA) is 53.5 Å². The van der Waals surface area contributed by atoms with Gasteiger partial charge in [-0.25, -0.2) is 4.39 Å². The van der Waals surface area contributed by atoms with Gasteiger partial charge in [0.25, 0.3) is 0 Å². The van der Waals surface area contributed by atoms with Gasteiger partial charge in [-0.2, -0.15) is 0 Å². The van der Waals surface area contributed by atoms with Crippen LogP contribution in [0.1, 0.15) is 40.5 Å². The average Bonchev–Trinajstić information content (AvgIpc) is 3.26. The van der Waals surface area contributed by atoms with E-state index in [9.17, 15) is 14.0 Å². The lowest BCUT2D eigenvalue weighted by Gasteiger charge is -2.36. The van der Waals surface area contributed by atoms with Gasteiger partial charge in [-0.05, 0) is 52.8 Å². The molecule has 1 unspecified atom stereocenters. The Kier molecular flexibility index (Phi) is 6.42. The van der Waals surface area contributed by atoms with Crippen LogP contribution in [0.3, 0.4) is 0 Å². The summed E-state index contributed by atoms with van der Waals surface area (Å²) in [6, 6.07) is 11.9. The molecule has 1 atom stereocenters. The first-order valence-electron chi connectivity index (χ1n) is 10.3. The van der Waals surface area contributed by atoms with Gasteiger partial charge >= 0.3 is 0 Å². The highest BCUT2D eigenvalue weighted by atomic mass is 32.1. The Labute approximate surface area is 185 Å². The van der Waals surface area contributed by atoms with E-state index in [1.165, 1.54) is 17.0 Å². The maximum atomic E-state index is 13.9. The molecule has 0 saturated heterocycles. The highest BCUT2D eigenvalue weighted by molar-refractivity contribution is 7.10. The number of rotatable bonds is 6. The third-order valence-electron chi connectivity index (χ3n) is 5.57. The first kappa shape index (κ1) is 21.2. The molecule has 0 aliphatic carbocycles. The molecule has 1 aromatic carbocycles. The monoisotopic (exact) mass is 437 g/mol. The third kappa shape index (κ3) is 4.82. The summed E-state index contributed by atoms with van der Waals surface area (Å²) in [6.45, 7) is 1.02. The molecule has 0 radical (unpaired) electrons. The Hall–Kier alpha value is -3.06. The van der Waals surface area contributed by atoms with Gasteiger partial charge in [0, 0.05) is 50.2 Å². The van der Waals surface area contributed by atoms with E-state index >= 15 is 0 Å². The van der Waals surface area contributed by atoms with Crippen molar-refractivity contribution in [2.45, 2.75) is 31.8 Å². The fraction of sp³-hybridized carbons (Fsp3) is 0.292. The molecule has 3 aromatic rings. The summed E-state index contributed by atoms with van der Waals surface area (Å²) < 4.78 is 13.9. The number of amides is 2. The lowest BCUT2D eigenvalue weighted by Crippen LogP contribution is -2.40. The molecule has 1 aliphatic heterocycles. The van der Waals surface area contributed by atoms with Crippen molar-refractivity contribution in [1.29, 1.82) is 0 Å². The zero-order valence-corrected chi connectivity index (χ0v) is 18.1. The van der Waals surface area contributed by atoms with Gasteiger partial charge in [0.2, 0.25) is 11.8 Å². The van der Waals surface area contributed by atoms with Crippen LogP contribution in [0.5, 0.6) is 0 Å². The van der Waals surface area contributed by atoms with Crippen molar-refractivity contribution in [3.05, 3.63) is 87.6 Å². The van der Waals surface area contributed by atoms with Gasteiger partial charge in [-0.15, -0.1) is 11.3 Å². The van der Waals surface area contributed by atoms with E-state index in [0.29, 0.717) is 13.1 Å². The second-order valence-electron chi connectivity index (χ2n) is 7.70. The molecule has 0 saturated carbocycles. The van der Waals surface area contributed by atoms with Crippen LogP contribution in [-0.2, 0) is 22.6 Å². The number of pyridine rings is 1. The predicted molar refractivity (Wildman–Crippen MR) is 118 cm³/mol. The van der Waals surface area contributed by atoms with Gasteiger partial charge in [-0.1, -0.05) is 18.2 Å². The number of aromatic nitrogens is 1. The maximum absolute atomic E-state index is 13.9. The van der Waals surface area contributed by atoms with Crippen molar-refractivity contribution in [2.24, 2.45) is 0 Å². The molecular weight excluding hydrogens is 413 g/mol. The second-order valence-corrected chi connectivity index (χ2v) is 8.71. The molecule has 5 nitrogen and oxygen atoms in total. The van der Waals surface area contributed by atoms with Crippen LogP contribution in [0, 0.1) is 5.82 Å². The first-order valence-corrected chi connectivity index (χ1v) is 11.1. The Bertz CT molecular complexity index is 1070. The molecule has 3 heterocycles. The van der Waals surface area contributed by atoms with Crippen molar-refractivity contribution in [3.8, 4) is 0 Å². The minimum absolute atomic E-state index is 0.0887. The van der Waals surface area contributed by atoms with Crippen LogP contribution in [0.25, 0.3) is 0 Å². The Balaban J connectivity index is 1.45. The molecule has 0 N–H and O–H groups in total. The Morgan fingerprint density at radius 2 is 2.10 bits per heavy atom. The molecule has 1 aliphatic rings. The number of hydrogen-bond donors (Lipinski definition) is 0. The molecule has 4 rings (SSSR count). The predicted octanol–water partition coefficient (Wildman–Crippen LogP) is 4.20. The number of halogens is 1. The Morgan fingerprint density at radius 3 is 2.87 bits per heavy atom. The van der Waals surface area contributed by atoms with Gasteiger partial charge in [0.15, 0.2) is 0 Å². The molecular formula is C24H24FN3O2S. The number of fused-ring (bicyclic) bond motifs is 1. The summed E-state index contributed by atoms with van der Waals surface area (Å²) in [5.74, 6) is -0.499. The van der Waals surface area contributed by atoms with Gasteiger partial charge in [0.05, 0.1) is 6.04 Å². The van der Waals surface area contributed by atoms with E-state index in [1.807, 2.05) is 29.6 Å². The van der Waals surface area contributed by atoms with E-state index in [2.05, 4.69) is 4.98 Å². The van der Waals surface area contributed by atoms with Crippen LogP contribution in [0.2, 0.25) is 0 Å². The third-order valence-corrected chi connectivity index (χ3v) is 6.57. The zero-order chi connectivity index (χ0) is 21.8. The minimum Gasteiger partial charge on any atom is -0.341 e. The number of benzene rings is 1. The summed E-state index contributed by atoms with van der Waals surface area (Å²) in [7, 11) is 1.73. The van der Waals surface area contributed by atoms with Crippen molar-refractivity contribution >= 4 is 23.2 Å². The second kappa shape index (κ2) is 9.39. The molecule has 0 spiro atoms. The number of hydrogen-bond acceptors (Lipinski definition) is 4. The van der Waals surface area contributed by atoms with E-state index in [1.54, 1.807) is 46.6 Å². The summed E-state index contributed by atoms with van der Waals surface area (Å²) in [5, 5.41) is 2.02. The van der Waals surface area contributed by atoms with Crippen LogP contribution in [-0.4, -0.2) is 40.2 Å². The molecule has 160 valence electrons. The summed E-state index contributed by atoms with van der Waals surface area (Å²) in [6.07, 6.45) is 4.46. The molecule has 0 fully saturated rings. The van der Waals surface area contributed by atoms with Crippen LogP contribution in [0.4, 0.5) is 4.39 Å². The minimum atomic E-state index is -0.320. The van der Waals surface area contributed by atoms with Crippen molar-refractivity contribution < 1.29 is 14.0 Å². The van der Waals surface area contributed by atoms with Crippen LogP contribution in [0.15, 0.2) is 60.2 Å². The van der Waals surface area contributed by atoms with Gasteiger partial charge in [0.1, 0.15) is 5.82 Å². The SMILES string of the molecule is CN(Cc1cccnc1)C(=O)CCC(=O)N1CCc2sccc2C1c1cccc(F)c1. The summed E-state index contributed by atoms with van der Waals surface area (Å²) >= 11 is 1.67. The average molecular weight is 438 g/mol. The molecule has 2 aromatic heterocycles. The number of nitrogens with zero attached hydrogens (tertiary/aromatic N) is 3. The molecule has 2 amide bonds. The molecule has 31 heavy (non-hydrogen) atoms. The van der Waals surface area contributed by atoms with Crippen molar-refractivity contribution in [3.63, 3.8) is 0 Å². The number of carbonyl (C=O) groups is 2. The van der Waals surface area contributed by atoms with E-state index < -0.39 is 0 Å². The fourth-order valence-corrected chi connectivity index (χ4v) is 4.93. The largest absolute Gasteiger partial charge is 0.341 e. The molecule has 0 bridgehead atoms. The summed E-state index contributed by atoms with van der Waals surface area (Å²) in [4.78, 5) is 34.4. The fourth-order valence-electron chi connectivity index (χ4n) is 4.02. The maximum Gasteiger partial charge on any atom is 0.223 e. The summed E-state index contributed by atoms with van der Waals surface area (Å²) in [5.41, 5.74) is 2.75. The van der Waals surface area contributed by atoms with E-state index in [0.717, 1.165) is 23.1 Å².